The van der Waals surface area contributed by atoms with E-state index in [1.807, 2.05) is 13.1 Å². The van der Waals surface area contributed by atoms with Gasteiger partial charge in [-0.3, -0.25) is 4.79 Å². The quantitative estimate of drug-likeness (QED) is 0.775. The highest BCUT2D eigenvalue weighted by atomic mass is 19.1. The van der Waals surface area contributed by atoms with Crippen LogP contribution in [-0.4, -0.2) is 30.6 Å². The Labute approximate surface area is 164 Å². The molecule has 0 aromatic heterocycles. The molecule has 1 unspecified atom stereocenters. The Balaban J connectivity index is 1.49. The van der Waals surface area contributed by atoms with Crippen molar-refractivity contribution in [2.45, 2.75) is 38.3 Å². The third kappa shape index (κ3) is 3.29. The number of fused-ring (bicyclic) bond motifs is 1. The van der Waals surface area contributed by atoms with Crippen LogP contribution < -0.4 is 10.2 Å². The highest BCUT2D eigenvalue weighted by Crippen LogP contribution is 2.32. The van der Waals surface area contributed by atoms with E-state index >= 15 is 0 Å². The molecule has 2 N–H and O–H groups in total. The second kappa shape index (κ2) is 7.02. The van der Waals surface area contributed by atoms with Gasteiger partial charge in [0, 0.05) is 5.56 Å². The van der Waals surface area contributed by atoms with Gasteiger partial charge in [0.15, 0.2) is 6.67 Å². The molecule has 0 radical (unpaired) electrons. The molecule has 5 nitrogen and oxygen atoms in total. The highest BCUT2D eigenvalue weighted by molar-refractivity contribution is 6.07. The molecule has 2 aliphatic rings. The molecule has 2 aromatic carbocycles. The van der Waals surface area contributed by atoms with Crippen LogP contribution in [0.1, 0.15) is 35.6 Å². The van der Waals surface area contributed by atoms with Crippen molar-refractivity contribution in [1.29, 1.82) is 0 Å². The van der Waals surface area contributed by atoms with Gasteiger partial charge in [-0.15, -0.1) is 0 Å². The summed E-state index contributed by atoms with van der Waals surface area (Å²) in [4.78, 5) is 28.0. The van der Waals surface area contributed by atoms with Crippen LogP contribution in [0.4, 0.5) is 9.18 Å². The highest BCUT2D eigenvalue weighted by Gasteiger charge is 2.50. The average Bonchev–Trinajstić information content (AvgIpc) is 3.22. The van der Waals surface area contributed by atoms with Crippen LogP contribution in [0.3, 0.4) is 0 Å². The van der Waals surface area contributed by atoms with E-state index < -0.39 is 5.54 Å². The third-order valence-electron chi connectivity index (χ3n) is 5.80. The maximum absolute atomic E-state index is 13.2. The Kier molecular flexibility index (Phi) is 4.67. The zero-order valence-corrected chi connectivity index (χ0v) is 16.2. The number of carbonyl (C=O) groups excluding carboxylic acids is 2. The zero-order chi connectivity index (χ0) is 19.9. The number of rotatable bonds is 5. The number of nitrogens with zero attached hydrogens (tertiary/aromatic N) is 1. The summed E-state index contributed by atoms with van der Waals surface area (Å²) in [5.41, 5.74) is 3.37. The van der Waals surface area contributed by atoms with Crippen molar-refractivity contribution in [3.8, 4) is 0 Å². The molecule has 3 amide bonds. The number of benzene rings is 2. The second-order valence-corrected chi connectivity index (χ2v) is 8.04. The summed E-state index contributed by atoms with van der Waals surface area (Å²) in [6.45, 7) is 2.62. The Morgan fingerprint density at radius 2 is 1.82 bits per heavy atom. The second-order valence-electron chi connectivity index (χ2n) is 8.04. The summed E-state index contributed by atoms with van der Waals surface area (Å²) >= 11 is 0. The molecule has 6 heteroatoms. The first-order valence-electron chi connectivity index (χ1n) is 9.69. The van der Waals surface area contributed by atoms with E-state index in [1.165, 1.54) is 28.2 Å². The molecule has 1 aliphatic carbocycles. The van der Waals surface area contributed by atoms with Gasteiger partial charge >= 0.3 is 6.03 Å². The number of hydrogen-bond donors (Lipinski definition) is 2. The molecule has 4 rings (SSSR count). The molecule has 0 saturated carbocycles. The van der Waals surface area contributed by atoms with Crippen LogP contribution in [0, 0.1) is 5.82 Å². The van der Waals surface area contributed by atoms with E-state index in [-0.39, 0.29) is 24.4 Å². The first kappa shape index (κ1) is 18.6. The Hall–Kier alpha value is -2.73. The maximum atomic E-state index is 13.2. The van der Waals surface area contributed by atoms with Crippen molar-refractivity contribution in [2.24, 2.45) is 0 Å². The molecular formula is C22H25FN3O2+. The molecule has 1 saturated heterocycles. The molecule has 146 valence electrons. The lowest BCUT2D eigenvalue weighted by atomic mass is 9.90. The van der Waals surface area contributed by atoms with Crippen molar-refractivity contribution in [2.75, 3.05) is 13.7 Å². The fraction of sp³-hybridized carbons (Fsp3) is 0.364. The molecule has 1 heterocycles. The van der Waals surface area contributed by atoms with Gasteiger partial charge in [-0.25, -0.2) is 14.1 Å². The number of hydrogen-bond acceptors (Lipinski definition) is 2. The predicted octanol–water partition coefficient (Wildman–Crippen LogP) is 1.75. The summed E-state index contributed by atoms with van der Waals surface area (Å²) in [5, 5.41) is 2.89. The van der Waals surface area contributed by atoms with E-state index in [4.69, 9.17) is 0 Å². The Bertz CT molecular complexity index is 928. The summed E-state index contributed by atoms with van der Waals surface area (Å²) in [6, 6.07) is 12.0. The minimum Gasteiger partial charge on any atom is -0.319 e. The van der Waals surface area contributed by atoms with E-state index in [1.54, 1.807) is 19.1 Å². The van der Waals surface area contributed by atoms with Gasteiger partial charge < -0.3 is 10.2 Å². The number of imide groups is 1. The maximum Gasteiger partial charge on any atom is 0.329 e. The monoisotopic (exact) mass is 382 g/mol. The molecule has 0 bridgehead atoms. The minimum absolute atomic E-state index is 0.228. The van der Waals surface area contributed by atoms with Crippen LogP contribution in [0.25, 0.3) is 0 Å². The fourth-order valence-electron chi connectivity index (χ4n) is 4.20. The first-order valence-corrected chi connectivity index (χ1v) is 9.69. The Morgan fingerprint density at radius 1 is 1.11 bits per heavy atom. The topological polar surface area (TPSA) is 53.9 Å². The lowest BCUT2D eigenvalue weighted by Crippen LogP contribution is -3.09. The summed E-state index contributed by atoms with van der Waals surface area (Å²) in [5.74, 6) is -0.505. The van der Waals surface area contributed by atoms with E-state index in [9.17, 15) is 14.0 Å². The summed E-state index contributed by atoms with van der Waals surface area (Å²) < 4.78 is 13.1. The molecule has 28 heavy (non-hydrogen) atoms. The standard InChI is InChI=1S/C22H24FN3O2/c1-22(18-9-8-16-4-3-5-17(16)12-18)20(27)26(21(28)24-22)14-25(2)13-15-6-10-19(23)11-7-15/h6-12H,3-5,13-14H2,1-2H3,(H,24,28)/p+1/t22-/m1/s1. The van der Waals surface area contributed by atoms with Crippen molar-refractivity contribution in [1.82, 2.24) is 10.2 Å². The van der Waals surface area contributed by atoms with Gasteiger partial charge in [0.25, 0.3) is 5.91 Å². The van der Waals surface area contributed by atoms with Crippen molar-refractivity contribution >= 4 is 11.9 Å². The average molecular weight is 382 g/mol. The fourth-order valence-corrected chi connectivity index (χ4v) is 4.20. The van der Waals surface area contributed by atoms with Crippen LogP contribution in [0.5, 0.6) is 0 Å². The van der Waals surface area contributed by atoms with E-state index in [2.05, 4.69) is 17.4 Å². The SMILES string of the molecule is C[NH+](Cc1ccc(F)cc1)CN1C(=O)N[C@](C)(c2ccc3c(c2)CCC3)C1=O. The minimum atomic E-state index is -1.04. The third-order valence-corrected chi connectivity index (χ3v) is 5.80. The molecule has 1 fully saturated rings. The van der Waals surface area contributed by atoms with Gasteiger partial charge in [0.05, 0.1) is 7.05 Å². The number of urea groups is 1. The molecule has 2 aromatic rings. The van der Waals surface area contributed by atoms with Gasteiger partial charge in [0.1, 0.15) is 17.9 Å². The van der Waals surface area contributed by atoms with Crippen molar-refractivity contribution in [3.63, 3.8) is 0 Å². The number of carbonyl (C=O) groups is 2. The number of amides is 3. The number of quaternary nitrogens is 1. The van der Waals surface area contributed by atoms with Crippen molar-refractivity contribution in [3.05, 3.63) is 70.5 Å². The molecular weight excluding hydrogens is 357 g/mol. The molecule has 1 aliphatic heterocycles. The zero-order valence-electron chi connectivity index (χ0n) is 16.2. The predicted molar refractivity (Wildman–Crippen MR) is 103 cm³/mol. The summed E-state index contributed by atoms with van der Waals surface area (Å²) in [6.07, 6.45) is 3.24. The van der Waals surface area contributed by atoms with Crippen LogP contribution in [0.15, 0.2) is 42.5 Å². The van der Waals surface area contributed by atoms with Crippen LogP contribution in [0.2, 0.25) is 0 Å². The van der Waals surface area contributed by atoms with Crippen LogP contribution >= 0.6 is 0 Å². The number of nitrogens with one attached hydrogen (secondary N) is 2. The molecule has 2 atom stereocenters. The van der Waals surface area contributed by atoms with Crippen LogP contribution in [-0.2, 0) is 29.7 Å². The normalized spacial score (nSPS) is 22.3. The number of aryl methyl sites for hydroxylation is 2. The lowest BCUT2D eigenvalue weighted by molar-refractivity contribution is -0.901. The lowest BCUT2D eigenvalue weighted by Gasteiger charge is -2.24. The number of halogens is 1. The van der Waals surface area contributed by atoms with Gasteiger partial charge in [-0.1, -0.05) is 30.3 Å². The smallest absolute Gasteiger partial charge is 0.319 e. The van der Waals surface area contributed by atoms with Gasteiger partial charge in [-0.05, 0) is 55.0 Å². The molecule has 0 spiro atoms. The van der Waals surface area contributed by atoms with E-state index in [0.717, 1.165) is 35.3 Å². The van der Waals surface area contributed by atoms with E-state index in [0.29, 0.717) is 6.54 Å². The first-order chi connectivity index (χ1) is 13.4. The largest absolute Gasteiger partial charge is 0.329 e. The Morgan fingerprint density at radius 3 is 2.57 bits per heavy atom. The van der Waals surface area contributed by atoms with Gasteiger partial charge in [-0.2, -0.15) is 0 Å². The van der Waals surface area contributed by atoms with Crippen molar-refractivity contribution < 1.29 is 18.9 Å². The summed E-state index contributed by atoms with van der Waals surface area (Å²) in [7, 11) is 1.91. The van der Waals surface area contributed by atoms with Gasteiger partial charge in [0.2, 0.25) is 0 Å².